The molecule has 3 aromatic carbocycles. The lowest BCUT2D eigenvalue weighted by atomic mass is 10.2. The zero-order valence-corrected chi connectivity index (χ0v) is 20.3. The van der Waals surface area contributed by atoms with Crippen molar-refractivity contribution in [3.8, 4) is 11.3 Å². The first-order valence-corrected chi connectivity index (χ1v) is 12.4. The maximum atomic E-state index is 12.4. The maximum absolute atomic E-state index is 12.4. The summed E-state index contributed by atoms with van der Waals surface area (Å²) >= 11 is 8.87. The van der Waals surface area contributed by atoms with Gasteiger partial charge in [0.25, 0.3) is 11.6 Å². The Morgan fingerprint density at radius 2 is 1.80 bits per heavy atom. The van der Waals surface area contributed by atoms with Crippen LogP contribution >= 0.6 is 34.7 Å². The number of hydrogen-bond acceptors (Lipinski definition) is 7. The normalized spacial score (nSPS) is 10.5. The van der Waals surface area contributed by atoms with Crippen molar-refractivity contribution in [3.05, 3.63) is 98.9 Å². The fourth-order valence-corrected chi connectivity index (χ4v) is 4.68. The number of rotatable bonds is 8. The molecular weight excluding hydrogens is 508 g/mol. The Morgan fingerprint density at radius 1 is 1.03 bits per heavy atom. The molecule has 4 aromatic rings. The van der Waals surface area contributed by atoms with Gasteiger partial charge in [0.1, 0.15) is 0 Å². The molecule has 0 aliphatic rings. The van der Waals surface area contributed by atoms with Gasteiger partial charge < -0.3 is 10.6 Å². The van der Waals surface area contributed by atoms with E-state index in [2.05, 4.69) is 15.6 Å². The molecule has 0 aliphatic carbocycles. The number of nitrogens with zero attached hydrogens (tertiary/aromatic N) is 2. The molecule has 0 atom stereocenters. The van der Waals surface area contributed by atoms with Crippen LogP contribution in [0.4, 0.5) is 16.5 Å². The molecule has 0 aliphatic heterocycles. The van der Waals surface area contributed by atoms with Gasteiger partial charge in [-0.25, -0.2) is 4.98 Å². The Bertz CT molecular complexity index is 1390. The molecule has 0 bridgehead atoms. The maximum Gasteiger partial charge on any atom is 0.270 e. The number of hydrogen-bond donors (Lipinski definition) is 2. The van der Waals surface area contributed by atoms with Gasteiger partial charge in [0.2, 0.25) is 5.91 Å². The molecular formula is C24H17ClN4O4S2. The SMILES string of the molecule is O=C(CSc1ccc(NC(=O)c2cccc([N+](=O)[O-])c2)cc1)Nc1nc(-c2ccccc2Cl)cs1. The van der Waals surface area contributed by atoms with E-state index in [0.29, 0.717) is 21.5 Å². The fourth-order valence-electron chi connectivity index (χ4n) is 3.03. The predicted octanol–water partition coefficient (Wildman–Crippen LogP) is 6.35. The van der Waals surface area contributed by atoms with Crippen molar-refractivity contribution in [1.29, 1.82) is 0 Å². The largest absolute Gasteiger partial charge is 0.322 e. The van der Waals surface area contributed by atoms with Gasteiger partial charge in [-0.3, -0.25) is 19.7 Å². The average Bonchev–Trinajstić information content (AvgIpc) is 3.32. The molecule has 0 unspecified atom stereocenters. The number of aromatic nitrogens is 1. The molecule has 8 nitrogen and oxygen atoms in total. The van der Waals surface area contributed by atoms with E-state index in [1.54, 1.807) is 30.3 Å². The fraction of sp³-hybridized carbons (Fsp3) is 0.0417. The number of carbonyl (C=O) groups excluding carboxylic acids is 2. The van der Waals surface area contributed by atoms with Crippen LogP contribution in [0.3, 0.4) is 0 Å². The van der Waals surface area contributed by atoms with Gasteiger partial charge in [-0.15, -0.1) is 23.1 Å². The van der Waals surface area contributed by atoms with E-state index < -0.39 is 10.8 Å². The van der Waals surface area contributed by atoms with E-state index >= 15 is 0 Å². The lowest BCUT2D eigenvalue weighted by Crippen LogP contribution is -2.13. The standard InChI is InChI=1S/C24H17ClN4O4S2/c25-20-7-2-1-6-19(20)21-13-35-24(27-21)28-22(30)14-34-18-10-8-16(9-11-18)26-23(31)15-4-3-5-17(12-15)29(32)33/h1-13H,14H2,(H,26,31)(H,27,28,30). The summed E-state index contributed by atoms with van der Waals surface area (Å²) in [4.78, 5) is 40.3. The number of nitro groups is 1. The van der Waals surface area contributed by atoms with E-state index in [1.807, 2.05) is 23.6 Å². The lowest BCUT2D eigenvalue weighted by Gasteiger charge is -2.07. The number of thioether (sulfide) groups is 1. The summed E-state index contributed by atoms with van der Waals surface area (Å²) in [6.07, 6.45) is 0. The van der Waals surface area contributed by atoms with Crippen molar-refractivity contribution in [2.24, 2.45) is 0 Å². The number of nitro benzene ring substituents is 1. The zero-order valence-electron chi connectivity index (χ0n) is 17.9. The van der Waals surface area contributed by atoms with Gasteiger partial charge >= 0.3 is 0 Å². The molecule has 0 saturated carbocycles. The molecule has 0 fully saturated rings. The van der Waals surface area contributed by atoms with Crippen LogP contribution in [-0.4, -0.2) is 27.5 Å². The number of non-ortho nitro benzene ring substituents is 1. The lowest BCUT2D eigenvalue weighted by molar-refractivity contribution is -0.384. The quantitative estimate of drug-likeness (QED) is 0.157. The molecule has 0 spiro atoms. The Morgan fingerprint density at radius 3 is 2.54 bits per heavy atom. The molecule has 35 heavy (non-hydrogen) atoms. The van der Waals surface area contributed by atoms with E-state index in [-0.39, 0.29) is 22.9 Å². The first-order valence-electron chi connectivity index (χ1n) is 10.2. The summed E-state index contributed by atoms with van der Waals surface area (Å²) in [6.45, 7) is 0. The monoisotopic (exact) mass is 524 g/mol. The molecule has 1 aromatic heterocycles. The summed E-state index contributed by atoms with van der Waals surface area (Å²) in [6, 6.07) is 19.8. The highest BCUT2D eigenvalue weighted by Gasteiger charge is 2.13. The summed E-state index contributed by atoms with van der Waals surface area (Å²) in [5, 5.41) is 19.3. The Balaban J connectivity index is 1.29. The molecule has 176 valence electrons. The van der Waals surface area contributed by atoms with Crippen LogP contribution < -0.4 is 10.6 Å². The van der Waals surface area contributed by atoms with Crippen molar-refractivity contribution in [3.63, 3.8) is 0 Å². The number of nitrogens with one attached hydrogen (secondary N) is 2. The second-order valence-electron chi connectivity index (χ2n) is 7.14. The van der Waals surface area contributed by atoms with Gasteiger partial charge in [0, 0.05) is 44.2 Å². The van der Waals surface area contributed by atoms with Crippen molar-refractivity contribution < 1.29 is 14.5 Å². The van der Waals surface area contributed by atoms with Crippen LogP contribution in [0.2, 0.25) is 5.02 Å². The Kier molecular flexibility index (Phi) is 7.76. The van der Waals surface area contributed by atoms with Crippen molar-refractivity contribution >= 4 is 63.0 Å². The van der Waals surface area contributed by atoms with Gasteiger partial charge in [-0.05, 0) is 36.4 Å². The molecule has 2 N–H and O–H groups in total. The second-order valence-corrected chi connectivity index (χ2v) is 9.45. The topological polar surface area (TPSA) is 114 Å². The van der Waals surface area contributed by atoms with Crippen molar-refractivity contribution in [2.45, 2.75) is 4.90 Å². The van der Waals surface area contributed by atoms with Gasteiger partial charge in [0.15, 0.2) is 5.13 Å². The van der Waals surface area contributed by atoms with E-state index in [4.69, 9.17) is 11.6 Å². The van der Waals surface area contributed by atoms with E-state index in [0.717, 1.165) is 10.5 Å². The molecule has 0 radical (unpaired) electrons. The average molecular weight is 525 g/mol. The van der Waals surface area contributed by atoms with Gasteiger partial charge in [-0.1, -0.05) is 35.9 Å². The molecule has 0 saturated heterocycles. The van der Waals surface area contributed by atoms with E-state index in [9.17, 15) is 19.7 Å². The van der Waals surface area contributed by atoms with Crippen LogP contribution in [0.1, 0.15) is 10.4 Å². The minimum Gasteiger partial charge on any atom is -0.322 e. The number of amides is 2. The van der Waals surface area contributed by atoms with Crippen LogP contribution in [0, 0.1) is 10.1 Å². The number of thiazole rings is 1. The third-order valence-electron chi connectivity index (χ3n) is 4.70. The van der Waals surface area contributed by atoms with Crippen molar-refractivity contribution in [2.75, 3.05) is 16.4 Å². The molecule has 2 amide bonds. The highest BCUT2D eigenvalue weighted by molar-refractivity contribution is 8.00. The molecule has 1 heterocycles. The first kappa shape index (κ1) is 24.4. The number of benzene rings is 3. The number of carbonyl (C=O) groups is 2. The van der Waals surface area contributed by atoms with Gasteiger partial charge in [0.05, 0.1) is 16.4 Å². The molecule has 4 rings (SSSR count). The Labute approximate surface area is 213 Å². The Hall–Kier alpha value is -3.73. The summed E-state index contributed by atoms with van der Waals surface area (Å²) in [7, 11) is 0. The minimum atomic E-state index is -0.550. The van der Waals surface area contributed by atoms with Crippen LogP contribution in [0.25, 0.3) is 11.3 Å². The molecule has 11 heteroatoms. The van der Waals surface area contributed by atoms with E-state index in [1.165, 1.54) is 47.4 Å². The highest BCUT2D eigenvalue weighted by Crippen LogP contribution is 2.30. The predicted molar refractivity (Wildman–Crippen MR) is 139 cm³/mol. The van der Waals surface area contributed by atoms with Crippen molar-refractivity contribution in [1.82, 2.24) is 4.98 Å². The number of halogens is 1. The summed E-state index contributed by atoms with van der Waals surface area (Å²) < 4.78 is 0. The van der Waals surface area contributed by atoms with Crippen LogP contribution in [-0.2, 0) is 4.79 Å². The third kappa shape index (κ3) is 6.44. The summed E-state index contributed by atoms with van der Waals surface area (Å²) in [5.74, 6) is -0.466. The second kappa shape index (κ2) is 11.1. The highest BCUT2D eigenvalue weighted by atomic mass is 35.5. The summed E-state index contributed by atoms with van der Waals surface area (Å²) in [5.41, 5.74) is 2.07. The van der Waals surface area contributed by atoms with Gasteiger partial charge in [-0.2, -0.15) is 0 Å². The van der Waals surface area contributed by atoms with Crippen LogP contribution in [0.5, 0.6) is 0 Å². The zero-order chi connectivity index (χ0) is 24.8. The minimum absolute atomic E-state index is 0.152. The van der Waals surface area contributed by atoms with Crippen LogP contribution in [0.15, 0.2) is 83.1 Å². The number of anilines is 2. The first-order chi connectivity index (χ1) is 16.9. The smallest absolute Gasteiger partial charge is 0.270 e. The third-order valence-corrected chi connectivity index (χ3v) is 6.80.